The molecule has 2 nitrogen and oxygen atoms in total. The average molecular weight is 158 g/mol. The lowest BCUT2D eigenvalue weighted by molar-refractivity contribution is -0.132. The molecule has 0 amide bonds. The van der Waals surface area contributed by atoms with E-state index < -0.39 is 5.97 Å². The van der Waals surface area contributed by atoms with Gasteiger partial charge in [0.1, 0.15) is 0 Å². The third-order valence-electron chi connectivity index (χ3n) is 2.45. The summed E-state index contributed by atoms with van der Waals surface area (Å²) in [6, 6.07) is 0. The van der Waals surface area contributed by atoms with Gasteiger partial charge >= 0.3 is 5.97 Å². The second-order valence-electron chi connectivity index (χ2n) is 3.24. The minimum Gasteiger partial charge on any atom is -0.478 e. The Morgan fingerprint density at radius 1 is 1.33 bits per heavy atom. The van der Waals surface area contributed by atoms with Gasteiger partial charge in [-0.25, -0.2) is 4.79 Å². The van der Waals surface area contributed by atoms with E-state index >= 15 is 0 Å². The molecule has 0 heterocycles. The third kappa shape index (κ3) is 0.576. The van der Waals surface area contributed by atoms with Crippen LogP contribution >= 0.6 is 0 Å². The van der Waals surface area contributed by atoms with Gasteiger partial charge in [0, 0.05) is 0 Å². The van der Waals surface area contributed by atoms with Gasteiger partial charge in [-0.2, -0.15) is 0 Å². The third-order valence-corrected chi connectivity index (χ3v) is 2.45. The standard InChI is InChI=1S/C10H6O2/c11-10(12)7-2-5-1-6-3-8(6)9(5)4-7/h1-2,4H,3H2,(H,11,12). The topological polar surface area (TPSA) is 37.3 Å². The van der Waals surface area contributed by atoms with Crippen LogP contribution in [0.2, 0.25) is 0 Å². The van der Waals surface area contributed by atoms with Gasteiger partial charge in [-0.15, -0.1) is 0 Å². The highest BCUT2D eigenvalue weighted by Gasteiger charge is 2.34. The van der Waals surface area contributed by atoms with E-state index in [4.69, 9.17) is 5.11 Å². The van der Waals surface area contributed by atoms with Crippen LogP contribution in [0.15, 0.2) is 46.1 Å². The second-order valence-corrected chi connectivity index (χ2v) is 3.24. The Morgan fingerprint density at radius 3 is 2.83 bits per heavy atom. The van der Waals surface area contributed by atoms with E-state index in [1.807, 2.05) is 0 Å². The largest absolute Gasteiger partial charge is 0.478 e. The fourth-order valence-corrected chi connectivity index (χ4v) is 1.77. The van der Waals surface area contributed by atoms with E-state index in [-0.39, 0.29) is 0 Å². The fraction of sp³-hybridized carbons (Fsp3) is 0.100. The summed E-state index contributed by atoms with van der Waals surface area (Å²) in [5.74, 6) is -0.833. The summed E-state index contributed by atoms with van der Waals surface area (Å²) in [5.41, 5.74) is 5.37. The van der Waals surface area contributed by atoms with E-state index in [9.17, 15) is 4.79 Å². The molecule has 3 rings (SSSR count). The predicted molar refractivity (Wildman–Crippen MR) is 43.5 cm³/mol. The van der Waals surface area contributed by atoms with Crippen molar-refractivity contribution in [2.45, 2.75) is 6.42 Å². The van der Waals surface area contributed by atoms with Crippen LogP contribution in [0.3, 0.4) is 0 Å². The number of hydrogen-bond acceptors (Lipinski definition) is 1. The number of carbonyl (C=O) groups is 1. The Balaban J connectivity index is 2.09. The maximum atomic E-state index is 10.6. The molecule has 0 saturated carbocycles. The van der Waals surface area contributed by atoms with Crippen molar-refractivity contribution in [3.63, 3.8) is 0 Å². The summed E-state index contributed by atoms with van der Waals surface area (Å²) >= 11 is 0. The average Bonchev–Trinajstić information content (AvgIpc) is 2.54. The van der Waals surface area contributed by atoms with Crippen molar-refractivity contribution in [2.24, 2.45) is 0 Å². The van der Waals surface area contributed by atoms with E-state index in [0.29, 0.717) is 5.57 Å². The first kappa shape index (κ1) is 6.00. The summed E-state index contributed by atoms with van der Waals surface area (Å²) in [6.45, 7) is 0. The highest BCUT2D eigenvalue weighted by atomic mass is 16.4. The van der Waals surface area contributed by atoms with Gasteiger partial charge in [-0.05, 0) is 40.9 Å². The van der Waals surface area contributed by atoms with E-state index in [2.05, 4.69) is 6.08 Å². The number of fused-ring (bicyclic) bond motifs is 2. The van der Waals surface area contributed by atoms with Crippen molar-refractivity contribution < 1.29 is 9.90 Å². The summed E-state index contributed by atoms with van der Waals surface area (Å²) < 4.78 is 0. The highest BCUT2D eigenvalue weighted by Crippen LogP contribution is 2.50. The molecule has 2 heteroatoms. The zero-order chi connectivity index (χ0) is 8.29. The van der Waals surface area contributed by atoms with Crippen LogP contribution in [0.5, 0.6) is 0 Å². The smallest absolute Gasteiger partial charge is 0.335 e. The molecule has 3 aliphatic rings. The Hall–Kier alpha value is -1.57. The van der Waals surface area contributed by atoms with Crippen molar-refractivity contribution in [3.05, 3.63) is 46.1 Å². The van der Waals surface area contributed by atoms with Crippen molar-refractivity contribution in [1.29, 1.82) is 0 Å². The number of carboxylic acid groups (broad SMARTS) is 1. The first-order valence-corrected chi connectivity index (χ1v) is 3.87. The Kier molecular flexibility index (Phi) is 0.803. The number of aliphatic carboxylic acids is 1. The van der Waals surface area contributed by atoms with Crippen LogP contribution in [0.25, 0.3) is 0 Å². The second kappa shape index (κ2) is 1.61. The molecule has 58 valence electrons. The van der Waals surface area contributed by atoms with Crippen molar-refractivity contribution >= 4 is 5.97 Å². The van der Waals surface area contributed by atoms with Crippen molar-refractivity contribution in [3.8, 4) is 0 Å². The minimum absolute atomic E-state index is 0.412. The molecule has 0 radical (unpaired) electrons. The normalized spacial score (nSPS) is 22.8. The molecule has 0 spiro atoms. The minimum atomic E-state index is -0.833. The molecule has 0 bridgehead atoms. The van der Waals surface area contributed by atoms with Crippen LogP contribution < -0.4 is 0 Å². The zero-order valence-corrected chi connectivity index (χ0v) is 6.29. The maximum Gasteiger partial charge on any atom is 0.335 e. The summed E-state index contributed by atoms with van der Waals surface area (Å²) in [5, 5.41) is 8.71. The van der Waals surface area contributed by atoms with Crippen LogP contribution in [0.4, 0.5) is 0 Å². The van der Waals surface area contributed by atoms with Crippen LogP contribution in [-0.4, -0.2) is 11.1 Å². The Bertz CT molecular complexity index is 431. The monoisotopic (exact) mass is 158 g/mol. The Labute approximate surface area is 69.2 Å². The van der Waals surface area contributed by atoms with Gasteiger partial charge < -0.3 is 5.11 Å². The molecule has 0 unspecified atom stereocenters. The Morgan fingerprint density at radius 2 is 2.17 bits per heavy atom. The van der Waals surface area contributed by atoms with Crippen molar-refractivity contribution in [2.75, 3.05) is 0 Å². The van der Waals surface area contributed by atoms with Crippen molar-refractivity contribution in [1.82, 2.24) is 0 Å². The molecule has 0 aromatic carbocycles. The van der Waals surface area contributed by atoms with Gasteiger partial charge in [0.25, 0.3) is 0 Å². The maximum absolute atomic E-state index is 10.6. The van der Waals surface area contributed by atoms with Gasteiger partial charge in [0.2, 0.25) is 0 Å². The van der Waals surface area contributed by atoms with Crippen LogP contribution in [0, 0.1) is 0 Å². The van der Waals surface area contributed by atoms with E-state index in [0.717, 1.165) is 17.6 Å². The van der Waals surface area contributed by atoms with Crippen LogP contribution in [-0.2, 0) is 4.79 Å². The quantitative estimate of drug-likeness (QED) is 0.629. The molecule has 0 aliphatic heterocycles. The van der Waals surface area contributed by atoms with Gasteiger partial charge in [0.15, 0.2) is 0 Å². The summed E-state index contributed by atoms with van der Waals surface area (Å²) in [7, 11) is 0. The molecule has 0 fully saturated rings. The number of rotatable bonds is 1. The van der Waals surface area contributed by atoms with E-state index in [1.165, 1.54) is 11.1 Å². The lowest BCUT2D eigenvalue weighted by Gasteiger charge is -1.94. The molecule has 3 aliphatic carbocycles. The molecular formula is C10H6O2. The number of allylic oxidation sites excluding steroid dienone is 6. The molecule has 12 heavy (non-hydrogen) atoms. The van der Waals surface area contributed by atoms with Gasteiger partial charge in [0.05, 0.1) is 5.57 Å². The first-order valence-electron chi connectivity index (χ1n) is 3.87. The highest BCUT2D eigenvalue weighted by molar-refractivity contribution is 5.95. The molecule has 0 aromatic heterocycles. The van der Waals surface area contributed by atoms with E-state index in [1.54, 1.807) is 12.2 Å². The molecule has 0 saturated heterocycles. The lowest BCUT2D eigenvalue weighted by Crippen LogP contribution is -1.94. The van der Waals surface area contributed by atoms with Crippen LogP contribution in [0.1, 0.15) is 6.42 Å². The van der Waals surface area contributed by atoms with Gasteiger partial charge in [-0.3, -0.25) is 0 Å². The molecule has 0 atom stereocenters. The van der Waals surface area contributed by atoms with Gasteiger partial charge in [-0.1, -0.05) is 6.08 Å². The number of hydrogen-bond donors (Lipinski definition) is 1. The SMILES string of the molecule is O=C(O)C1=CC2=CC3=C(C3)C2=C1. The summed E-state index contributed by atoms with van der Waals surface area (Å²) in [6.07, 6.45) is 6.65. The molecule has 0 aromatic rings. The summed E-state index contributed by atoms with van der Waals surface area (Å²) in [4.78, 5) is 10.6. The zero-order valence-electron chi connectivity index (χ0n) is 6.29. The number of carboxylic acids is 1. The first-order chi connectivity index (χ1) is 5.75. The predicted octanol–water partition coefficient (Wildman–Crippen LogP) is 1.58. The lowest BCUT2D eigenvalue weighted by atomic mass is 10.1. The molecular weight excluding hydrogens is 152 g/mol. The molecule has 1 N–H and O–H groups in total. The fourth-order valence-electron chi connectivity index (χ4n) is 1.77.